The van der Waals surface area contributed by atoms with Gasteiger partial charge in [0.15, 0.2) is 0 Å². The Balaban J connectivity index is 1.85. The van der Waals surface area contributed by atoms with Crippen molar-refractivity contribution >= 4 is 11.1 Å². The van der Waals surface area contributed by atoms with Gasteiger partial charge in [-0.3, -0.25) is 0 Å². The molecule has 0 saturated heterocycles. The van der Waals surface area contributed by atoms with Crippen molar-refractivity contribution in [3.63, 3.8) is 0 Å². The van der Waals surface area contributed by atoms with E-state index in [0.29, 0.717) is 0 Å². The lowest BCUT2D eigenvalue weighted by molar-refractivity contribution is 0.306. The van der Waals surface area contributed by atoms with Crippen LogP contribution in [0.2, 0.25) is 0 Å². The Labute approximate surface area is 151 Å². The van der Waals surface area contributed by atoms with Crippen molar-refractivity contribution in [2.45, 2.75) is 26.7 Å². The Kier molecular flexibility index (Phi) is 7.03. The Bertz CT molecular complexity index is 697. The zero-order chi connectivity index (χ0) is 18.1. The molecule has 0 bridgehead atoms. The van der Waals surface area contributed by atoms with Crippen LogP contribution in [-0.4, -0.2) is 0 Å². The summed E-state index contributed by atoms with van der Waals surface area (Å²) in [5.74, 6) is 1.77. The second-order valence-electron chi connectivity index (χ2n) is 6.08. The molecule has 25 heavy (non-hydrogen) atoms. The lowest BCUT2D eigenvalue weighted by Crippen LogP contribution is -1.89. The number of rotatable bonds is 8. The molecule has 2 rings (SSSR count). The van der Waals surface area contributed by atoms with E-state index < -0.39 is 0 Å². The van der Waals surface area contributed by atoms with Gasteiger partial charge in [-0.15, -0.1) is 0 Å². The molecule has 0 saturated carbocycles. The molecule has 1 heteroatoms. The van der Waals surface area contributed by atoms with E-state index in [-0.39, 0.29) is 0 Å². The highest BCUT2D eigenvalue weighted by molar-refractivity contribution is 5.65. The smallest absolute Gasteiger partial charge is 0.0968 e. The van der Waals surface area contributed by atoms with E-state index in [4.69, 9.17) is 4.74 Å². The van der Waals surface area contributed by atoms with Crippen LogP contribution in [-0.2, 0) is 4.74 Å². The van der Waals surface area contributed by atoms with E-state index >= 15 is 0 Å². The van der Waals surface area contributed by atoms with E-state index in [1.54, 1.807) is 0 Å². The average molecular weight is 330 g/mol. The average Bonchev–Trinajstić information content (AvgIpc) is 2.65. The predicted octanol–water partition coefficient (Wildman–Crippen LogP) is 7.02. The Morgan fingerprint density at radius 1 is 0.720 bits per heavy atom. The van der Waals surface area contributed by atoms with E-state index in [2.05, 4.69) is 49.6 Å². The molecule has 0 fully saturated rings. The molecule has 0 heterocycles. The highest BCUT2D eigenvalue weighted by Crippen LogP contribution is 2.20. The number of hydrogen-bond donors (Lipinski definition) is 0. The van der Waals surface area contributed by atoms with Gasteiger partial charge in [-0.1, -0.05) is 73.8 Å². The fourth-order valence-corrected chi connectivity index (χ4v) is 2.45. The van der Waals surface area contributed by atoms with E-state index in [1.807, 2.05) is 50.2 Å². The van der Waals surface area contributed by atoms with E-state index in [9.17, 15) is 0 Å². The summed E-state index contributed by atoms with van der Waals surface area (Å²) in [5, 5.41) is 0. The van der Waals surface area contributed by atoms with Gasteiger partial charge >= 0.3 is 0 Å². The van der Waals surface area contributed by atoms with Crippen molar-refractivity contribution in [1.82, 2.24) is 0 Å². The molecule has 0 unspecified atom stereocenters. The summed E-state index contributed by atoms with van der Waals surface area (Å²) in [6.07, 6.45) is 5.69. The maximum Gasteiger partial charge on any atom is 0.0968 e. The van der Waals surface area contributed by atoms with Gasteiger partial charge in [-0.25, -0.2) is 0 Å². The monoisotopic (exact) mass is 330 g/mol. The van der Waals surface area contributed by atoms with Gasteiger partial charge in [-0.2, -0.15) is 0 Å². The highest BCUT2D eigenvalue weighted by atomic mass is 16.5. The van der Waals surface area contributed by atoms with Gasteiger partial charge < -0.3 is 4.74 Å². The van der Waals surface area contributed by atoms with Gasteiger partial charge in [0.2, 0.25) is 0 Å². The SMILES string of the molecule is C=C(CC=C(C)OC(C)=CCC(=C)c1ccccc1)c1ccccc1. The second-order valence-corrected chi connectivity index (χ2v) is 6.08. The maximum absolute atomic E-state index is 5.86. The summed E-state index contributed by atoms with van der Waals surface area (Å²) >= 11 is 0. The maximum atomic E-state index is 5.86. The summed E-state index contributed by atoms with van der Waals surface area (Å²) < 4.78 is 5.86. The molecule has 2 aromatic rings. The molecule has 0 aliphatic heterocycles. The van der Waals surface area contributed by atoms with Crippen LogP contribution in [0, 0.1) is 0 Å². The molecular formula is C24H26O. The lowest BCUT2D eigenvalue weighted by Gasteiger charge is -2.08. The van der Waals surface area contributed by atoms with Crippen LogP contribution in [0.4, 0.5) is 0 Å². The number of allylic oxidation sites excluding steroid dienone is 6. The van der Waals surface area contributed by atoms with Crippen LogP contribution in [0.25, 0.3) is 11.1 Å². The Morgan fingerprint density at radius 3 is 1.44 bits per heavy atom. The summed E-state index contributed by atoms with van der Waals surface area (Å²) in [6.45, 7) is 12.2. The lowest BCUT2D eigenvalue weighted by atomic mass is 10.0. The molecule has 1 nitrogen and oxygen atoms in total. The number of ether oxygens (including phenoxy) is 1. The first-order valence-corrected chi connectivity index (χ1v) is 8.54. The first-order valence-electron chi connectivity index (χ1n) is 8.54. The molecule has 0 aliphatic rings. The Morgan fingerprint density at radius 2 is 1.08 bits per heavy atom. The van der Waals surface area contributed by atoms with Gasteiger partial charge in [-0.05, 0) is 61.1 Å². The summed E-state index contributed by atoms with van der Waals surface area (Å²) in [5.41, 5.74) is 4.50. The number of benzene rings is 2. The molecule has 0 N–H and O–H groups in total. The molecule has 2 aromatic carbocycles. The summed E-state index contributed by atoms with van der Waals surface area (Å²) in [6, 6.07) is 20.4. The largest absolute Gasteiger partial charge is 0.467 e. The first-order chi connectivity index (χ1) is 12.1. The second kappa shape index (κ2) is 9.48. The van der Waals surface area contributed by atoms with E-state index in [0.717, 1.165) is 46.6 Å². The van der Waals surface area contributed by atoms with Crippen molar-refractivity contribution in [3.8, 4) is 0 Å². The number of hydrogen-bond acceptors (Lipinski definition) is 1. The standard InChI is InChI=1S/C24H26O/c1-19(23-11-7-5-8-12-23)15-17-21(3)25-22(4)18-16-20(2)24-13-9-6-10-14-24/h5-14,17-18H,1-2,15-16H2,3-4H3. The fourth-order valence-electron chi connectivity index (χ4n) is 2.45. The van der Waals surface area contributed by atoms with Crippen LogP contribution in [0.5, 0.6) is 0 Å². The summed E-state index contributed by atoms with van der Waals surface area (Å²) in [7, 11) is 0. The zero-order valence-corrected chi connectivity index (χ0v) is 15.2. The topological polar surface area (TPSA) is 9.23 Å². The molecule has 0 aliphatic carbocycles. The third-order valence-corrected chi connectivity index (χ3v) is 3.96. The molecule has 0 spiro atoms. The molecule has 128 valence electrons. The van der Waals surface area contributed by atoms with Crippen molar-refractivity contribution in [2.75, 3.05) is 0 Å². The fraction of sp³-hybridized carbons (Fsp3) is 0.167. The van der Waals surface area contributed by atoms with Gasteiger partial charge in [0.25, 0.3) is 0 Å². The van der Waals surface area contributed by atoms with Crippen molar-refractivity contribution < 1.29 is 4.74 Å². The van der Waals surface area contributed by atoms with Gasteiger partial charge in [0.05, 0.1) is 11.5 Å². The Hall–Kier alpha value is -2.80. The van der Waals surface area contributed by atoms with Crippen molar-refractivity contribution in [3.05, 3.63) is 109 Å². The minimum atomic E-state index is 0.778. The van der Waals surface area contributed by atoms with Crippen molar-refractivity contribution in [1.29, 1.82) is 0 Å². The quantitative estimate of drug-likeness (QED) is 0.473. The van der Waals surface area contributed by atoms with Gasteiger partial charge in [0.1, 0.15) is 0 Å². The van der Waals surface area contributed by atoms with Crippen LogP contribution < -0.4 is 0 Å². The van der Waals surface area contributed by atoms with Crippen LogP contribution >= 0.6 is 0 Å². The van der Waals surface area contributed by atoms with Crippen molar-refractivity contribution in [2.24, 2.45) is 0 Å². The molecule has 0 aromatic heterocycles. The zero-order valence-electron chi connectivity index (χ0n) is 15.2. The van der Waals surface area contributed by atoms with E-state index in [1.165, 1.54) is 0 Å². The minimum Gasteiger partial charge on any atom is -0.467 e. The molecule has 0 amide bonds. The molecular weight excluding hydrogens is 304 g/mol. The highest BCUT2D eigenvalue weighted by Gasteiger charge is 2.00. The van der Waals surface area contributed by atoms with Crippen LogP contribution in [0.3, 0.4) is 0 Å². The third-order valence-electron chi connectivity index (χ3n) is 3.96. The summed E-state index contributed by atoms with van der Waals surface area (Å²) in [4.78, 5) is 0. The normalized spacial score (nSPS) is 11.9. The van der Waals surface area contributed by atoms with Crippen LogP contribution in [0.15, 0.2) is 97.5 Å². The molecule has 0 atom stereocenters. The minimum absolute atomic E-state index is 0.778. The molecule has 0 radical (unpaired) electrons. The third kappa shape index (κ3) is 6.31. The predicted molar refractivity (Wildman–Crippen MR) is 109 cm³/mol. The first kappa shape index (κ1) is 18.5. The van der Waals surface area contributed by atoms with Gasteiger partial charge in [0, 0.05) is 0 Å². The van der Waals surface area contributed by atoms with Crippen LogP contribution in [0.1, 0.15) is 37.8 Å².